The number of aromatic nitrogens is 1. The zero-order chi connectivity index (χ0) is 16.1. The average molecular weight is 324 g/mol. The Kier molecular flexibility index (Phi) is 5.00. The zero-order valence-electron chi connectivity index (χ0n) is 11.3. The third kappa shape index (κ3) is 3.76. The van der Waals surface area contributed by atoms with Crippen molar-refractivity contribution in [3.8, 4) is 11.1 Å². The summed E-state index contributed by atoms with van der Waals surface area (Å²) < 4.78 is 14.0. The van der Waals surface area contributed by atoms with Crippen LogP contribution >= 0.6 is 11.6 Å². The number of nitrogens with one attached hydrogen (secondary N) is 1. The minimum absolute atomic E-state index is 0.138. The number of anilines is 1. The highest BCUT2D eigenvalue weighted by Crippen LogP contribution is 2.27. The first-order chi connectivity index (χ1) is 10.5. The van der Waals surface area contributed by atoms with Crippen LogP contribution in [0.1, 0.15) is 6.42 Å². The topological polar surface area (TPSA) is 85.1 Å². The fraction of sp³-hybridized carbons (Fsp3) is 0.143. The number of nitro groups is 1. The number of carbonyl (C=O) groups excluding carboxylic acids is 1. The second kappa shape index (κ2) is 6.95. The summed E-state index contributed by atoms with van der Waals surface area (Å²) in [4.78, 5) is 25.4. The van der Waals surface area contributed by atoms with Crippen molar-refractivity contribution in [2.24, 2.45) is 0 Å². The molecule has 6 nitrogen and oxygen atoms in total. The number of benzene rings is 1. The molecule has 0 fully saturated rings. The summed E-state index contributed by atoms with van der Waals surface area (Å²) in [6, 6.07) is 6.40. The van der Waals surface area contributed by atoms with Gasteiger partial charge in [-0.05, 0) is 23.8 Å². The number of non-ortho nitro benzene ring substituents is 1. The molecule has 1 N–H and O–H groups in total. The van der Waals surface area contributed by atoms with Crippen LogP contribution < -0.4 is 5.32 Å². The van der Waals surface area contributed by atoms with E-state index in [2.05, 4.69) is 10.3 Å². The van der Waals surface area contributed by atoms with Crippen molar-refractivity contribution in [1.82, 2.24) is 4.98 Å². The molecule has 1 amide bonds. The van der Waals surface area contributed by atoms with Crippen LogP contribution in [0.4, 0.5) is 15.9 Å². The first kappa shape index (κ1) is 15.8. The van der Waals surface area contributed by atoms with Crippen LogP contribution in [0.5, 0.6) is 0 Å². The summed E-state index contributed by atoms with van der Waals surface area (Å²) in [6.45, 7) is 0. The van der Waals surface area contributed by atoms with Gasteiger partial charge in [0.15, 0.2) is 0 Å². The monoisotopic (exact) mass is 323 g/mol. The molecule has 1 heterocycles. The molecule has 0 radical (unpaired) electrons. The molecule has 2 aromatic rings. The maximum Gasteiger partial charge on any atom is 0.272 e. The molecule has 0 saturated carbocycles. The van der Waals surface area contributed by atoms with E-state index < -0.39 is 10.7 Å². The van der Waals surface area contributed by atoms with E-state index in [1.54, 1.807) is 6.07 Å². The molecular weight excluding hydrogens is 313 g/mol. The highest BCUT2D eigenvalue weighted by Gasteiger charge is 2.13. The fourth-order valence-corrected chi connectivity index (χ4v) is 1.98. The number of nitrogens with zero attached hydrogens (tertiary/aromatic N) is 2. The number of amides is 1. The number of hydrogen-bond acceptors (Lipinski definition) is 4. The fourth-order valence-electron chi connectivity index (χ4n) is 1.81. The van der Waals surface area contributed by atoms with Crippen molar-refractivity contribution in [3.05, 3.63) is 52.5 Å². The Hall–Kier alpha value is -2.54. The molecule has 0 atom stereocenters. The summed E-state index contributed by atoms with van der Waals surface area (Å²) in [7, 11) is 0. The zero-order valence-corrected chi connectivity index (χ0v) is 12.0. The maximum absolute atomic E-state index is 14.0. The molecule has 0 spiro atoms. The second-order valence-electron chi connectivity index (χ2n) is 4.34. The van der Waals surface area contributed by atoms with Gasteiger partial charge in [0.2, 0.25) is 5.91 Å². The Morgan fingerprint density at radius 1 is 1.36 bits per heavy atom. The minimum atomic E-state index is -0.724. The van der Waals surface area contributed by atoms with Crippen LogP contribution in [0.3, 0.4) is 0 Å². The summed E-state index contributed by atoms with van der Waals surface area (Å²) in [5, 5.41) is 13.1. The molecule has 2 rings (SSSR count). The third-order valence-corrected chi connectivity index (χ3v) is 3.01. The lowest BCUT2D eigenvalue weighted by Gasteiger charge is -2.07. The minimum Gasteiger partial charge on any atom is -0.311 e. The molecule has 114 valence electrons. The number of hydrogen-bond donors (Lipinski definition) is 1. The van der Waals surface area contributed by atoms with Crippen LogP contribution in [0.2, 0.25) is 0 Å². The van der Waals surface area contributed by atoms with E-state index in [1.807, 2.05) is 0 Å². The molecule has 0 aliphatic rings. The van der Waals surface area contributed by atoms with Crippen LogP contribution in [-0.4, -0.2) is 21.7 Å². The second-order valence-corrected chi connectivity index (χ2v) is 4.72. The largest absolute Gasteiger partial charge is 0.311 e. The highest BCUT2D eigenvalue weighted by molar-refractivity contribution is 6.19. The van der Waals surface area contributed by atoms with E-state index >= 15 is 0 Å². The SMILES string of the molecule is O=C(CCCl)Nc1cc(-c2ccc([N+](=O)[O-])cc2F)ccn1. The van der Waals surface area contributed by atoms with Crippen molar-refractivity contribution >= 4 is 29.0 Å². The number of nitro benzene ring substituents is 1. The molecule has 0 bridgehead atoms. The number of carbonyl (C=O) groups is 1. The molecule has 0 saturated heterocycles. The predicted molar refractivity (Wildman–Crippen MR) is 80.3 cm³/mol. The van der Waals surface area contributed by atoms with Crippen LogP contribution in [-0.2, 0) is 4.79 Å². The molecule has 0 aliphatic carbocycles. The Balaban J connectivity index is 2.29. The van der Waals surface area contributed by atoms with Crippen LogP contribution in [0, 0.1) is 15.9 Å². The van der Waals surface area contributed by atoms with Crippen molar-refractivity contribution < 1.29 is 14.1 Å². The molecule has 22 heavy (non-hydrogen) atoms. The molecule has 1 aromatic carbocycles. The van der Waals surface area contributed by atoms with Crippen molar-refractivity contribution in [3.63, 3.8) is 0 Å². The molecule has 0 aliphatic heterocycles. The number of rotatable bonds is 5. The van der Waals surface area contributed by atoms with E-state index in [0.717, 1.165) is 6.07 Å². The Morgan fingerprint density at radius 2 is 2.14 bits per heavy atom. The Morgan fingerprint density at radius 3 is 2.77 bits per heavy atom. The summed E-state index contributed by atoms with van der Waals surface area (Å²) in [5.74, 6) is -0.588. The first-order valence-electron chi connectivity index (χ1n) is 6.27. The van der Waals surface area contributed by atoms with Crippen molar-refractivity contribution in [1.29, 1.82) is 0 Å². The van der Waals surface area contributed by atoms with Gasteiger partial charge in [-0.2, -0.15) is 0 Å². The average Bonchev–Trinajstić information content (AvgIpc) is 2.47. The number of alkyl halides is 1. The third-order valence-electron chi connectivity index (χ3n) is 2.82. The van der Waals surface area contributed by atoms with Gasteiger partial charge in [-0.1, -0.05) is 0 Å². The van der Waals surface area contributed by atoms with Gasteiger partial charge >= 0.3 is 0 Å². The van der Waals surface area contributed by atoms with E-state index in [9.17, 15) is 19.3 Å². The summed E-state index contributed by atoms with van der Waals surface area (Å²) in [5.41, 5.74) is 0.301. The van der Waals surface area contributed by atoms with Crippen LogP contribution in [0.15, 0.2) is 36.5 Å². The summed E-state index contributed by atoms with van der Waals surface area (Å²) >= 11 is 5.47. The van der Waals surface area contributed by atoms with Gasteiger partial charge in [-0.3, -0.25) is 14.9 Å². The number of pyridine rings is 1. The smallest absolute Gasteiger partial charge is 0.272 e. The predicted octanol–water partition coefficient (Wildman–Crippen LogP) is 3.36. The van der Waals surface area contributed by atoms with E-state index in [0.29, 0.717) is 5.56 Å². The standard InChI is InChI=1S/C14H11ClFN3O3/c15-5-3-14(20)18-13-7-9(4-6-17-13)11-2-1-10(19(21)22)8-12(11)16/h1-2,4,6-8H,3,5H2,(H,17,18,20). The Bertz CT molecular complexity index is 724. The lowest BCUT2D eigenvalue weighted by atomic mass is 10.1. The van der Waals surface area contributed by atoms with E-state index in [-0.39, 0.29) is 35.3 Å². The van der Waals surface area contributed by atoms with E-state index in [4.69, 9.17) is 11.6 Å². The van der Waals surface area contributed by atoms with Gasteiger partial charge in [0, 0.05) is 30.1 Å². The molecule has 8 heteroatoms. The van der Waals surface area contributed by atoms with Gasteiger partial charge < -0.3 is 5.32 Å². The van der Waals surface area contributed by atoms with Gasteiger partial charge in [0.1, 0.15) is 11.6 Å². The van der Waals surface area contributed by atoms with Gasteiger partial charge in [-0.15, -0.1) is 11.6 Å². The molecule has 0 unspecified atom stereocenters. The van der Waals surface area contributed by atoms with Crippen molar-refractivity contribution in [2.45, 2.75) is 6.42 Å². The van der Waals surface area contributed by atoms with Crippen LogP contribution in [0.25, 0.3) is 11.1 Å². The van der Waals surface area contributed by atoms with E-state index in [1.165, 1.54) is 24.4 Å². The van der Waals surface area contributed by atoms with Gasteiger partial charge in [-0.25, -0.2) is 9.37 Å². The summed E-state index contributed by atoms with van der Waals surface area (Å²) in [6.07, 6.45) is 1.55. The normalized spacial score (nSPS) is 10.3. The van der Waals surface area contributed by atoms with Gasteiger partial charge in [0.25, 0.3) is 5.69 Å². The highest BCUT2D eigenvalue weighted by atomic mass is 35.5. The lowest BCUT2D eigenvalue weighted by Crippen LogP contribution is -2.12. The maximum atomic E-state index is 14.0. The molecule has 1 aromatic heterocycles. The molecular formula is C14H11ClFN3O3. The lowest BCUT2D eigenvalue weighted by molar-refractivity contribution is -0.385. The van der Waals surface area contributed by atoms with Crippen molar-refractivity contribution in [2.75, 3.05) is 11.2 Å². The van der Waals surface area contributed by atoms with Gasteiger partial charge in [0.05, 0.1) is 11.0 Å². The Labute approximate surface area is 130 Å². The first-order valence-corrected chi connectivity index (χ1v) is 6.81. The quantitative estimate of drug-likeness (QED) is 0.519. The number of halogens is 2.